The lowest BCUT2D eigenvalue weighted by Gasteiger charge is -2.53. The van der Waals surface area contributed by atoms with E-state index in [0.29, 0.717) is 17.6 Å². The Morgan fingerprint density at radius 1 is 1.17 bits per heavy atom. The van der Waals surface area contributed by atoms with E-state index in [1.54, 1.807) is 0 Å². The molecule has 1 saturated carbocycles. The molecule has 0 aromatic heterocycles. The predicted molar refractivity (Wildman–Crippen MR) is 75.9 cm³/mol. The van der Waals surface area contributed by atoms with Gasteiger partial charge in [-0.25, -0.2) is 0 Å². The first-order valence-electron chi connectivity index (χ1n) is 7.61. The fraction of sp³-hybridized carbons (Fsp3) is 1.00. The van der Waals surface area contributed by atoms with Gasteiger partial charge in [-0.3, -0.25) is 0 Å². The second-order valence-electron chi connectivity index (χ2n) is 5.53. The van der Waals surface area contributed by atoms with E-state index in [1.165, 1.54) is 12.8 Å². The Labute approximate surface area is 113 Å². The molecule has 0 bridgehead atoms. The van der Waals surface area contributed by atoms with Crippen molar-refractivity contribution in [2.24, 2.45) is 5.41 Å². The van der Waals surface area contributed by atoms with Crippen molar-refractivity contribution in [2.75, 3.05) is 26.4 Å². The number of nitrogens with one attached hydrogen (secondary N) is 1. The molecule has 1 rings (SSSR count). The molecule has 3 heteroatoms. The van der Waals surface area contributed by atoms with Crippen LogP contribution in [0.25, 0.3) is 0 Å². The van der Waals surface area contributed by atoms with Crippen molar-refractivity contribution in [3.63, 3.8) is 0 Å². The molecule has 1 fully saturated rings. The van der Waals surface area contributed by atoms with Gasteiger partial charge in [-0.05, 0) is 25.8 Å². The summed E-state index contributed by atoms with van der Waals surface area (Å²) in [4.78, 5) is 0. The minimum absolute atomic E-state index is 0.305. The summed E-state index contributed by atoms with van der Waals surface area (Å²) in [5.74, 6) is 0. The SMILES string of the molecule is CCCCOCCOC1CC(NCC)C1(C)CC. The van der Waals surface area contributed by atoms with Gasteiger partial charge in [-0.2, -0.15) is 0 Å². The third-order valence-corrected chi connectivity index (χ3v) is 4.38. The summed E-state index contributed by atoms with van der Waals surface area (Å²) < 4.78 is 11.5. The Bertz CT molecular complexity index is 223. The van der Waals surface area contributed by atoms with E-state index >= 15 is 0 Å². The van der Waals surface area contributed by atoms with Gasteiger partial charge in [0.1, 0.15) is 0 Å². The molecule has 3 nitrogen and oxygen atoms in total. The van der Waals surface area contributed by atoms with Crippen LogP contribution in [0, 0.1) is 5.41 Å². The molecule has 3 unspecified atom stereocenters. The van der Waals surface area contributed by atoms with Crippen LogP contribution in [0.2, 0.25) is 0 Å². The Kier molecular flexibility index (Phi) is 7.20. The minimum Gasteiger partial charge on any atom is -0.379 e. The Balaban J connectivity index is 2.15. The number of rotatable bonds is 10. The Hall–Kier alpha value is -0.120. The molecule has 0 saturated heterocycles. The molecule has 0 aliphatic heterocycles. The van der Waals surface area contributed by atoms with Crippen molar-refractivity contribution in [3.05, 3.63) is 0 Å². The van der Waals surface area contributed by atoms with Gasteiger partial charge >= 0.3 is 0 Å². The van der Waals surface area contributed by atoms with Gasteiger partial charge < -0.3 is 14.8 Å². The maximum atomic E-state index is 5.98. The maximum absolute atomic E-state index is 5.98. The van der Waals surface area contributed by atoms with Crippen molar-refractivity contribution >= 4 is 0 Å². The average Bonchev–Trinajstić information content (AvgIpc) is 2.39. The minimum atomic E-state index is 0.305. The summed E-state index contributed by atoms with van der Waals surface area (Å²) in [5, 5.41) is 3.56. The molecule has 0 heterocycles. The summed E-state index contributed by atoms with van der Waals surface area (Å²) >= 11 is 0. The van der Waals surface area contributed by atoms with Crippen molar-refractivity contribution in [1.82, 2.24) is 5.32 Å². The first-order chi connectivity index (χ1) is 8.69. The van der Waals surface area contributed by atoms with Crippen LogP contribution in [-0.4, -0.2) is 38.5 Å². The molecule has 18 heavy (non-hydrogen) atoms. The monoisotopic (exact) mass is 257 g/mol. The van der Waals surface area contributed by atoms with Crippen LogP contribution in [0.15, 0.2) is 0 Å². The van der Waals surface area contributed by atoms with Gasteiger partial charge in [0, 0.05) is 18.1 Å². The Morgan fingerprint density at radius 3 is 2.56 bits per heavy atom. The second-order valence-corrected chi connectivity index (χ2v) is 5.53. The number of hydrogen-bond donors (Lipinski definition) is 1. The highest BCUT2D eigenvalue weighted by Crippen LogP contribution is 2.45. The van der Waals surface area contributed by atoms with Crippen LogP contribution in [0.5, 0.6) is 0 Å². The van der Waals surface area contributed by atoms with Crippen LogP contribution in [0.4, 0.5) is 0 Å². The summed E-state index contributed by atoms with van der Waals surface area (Å²) in [7, 11) is 0. The molecule has 0 aromatic rings. The van der Waals surface area contributed by atoms with Crippen molar-refractivity contribution in [3.8, 4) is 0 Å². The standard InChI is InChI=1S/C15H31NO2/c1-5-8-9-17-10-11-18-14-12-13(16-7-3)15(14,4)6-2/h13-14,16H,5-12H2,1-4H3. The smallest absolute Gasteiger partial charge is 0.0704 e. The lowest BCUT2D eigenvalue weighted by Crippen LogP contribution is -2.62. The molecule has 3 atom stereocenters. The van der Waals surface area contributed by atoms with E-state index in [2.05, 4.69) is 33.0 Å². The van der Waals surface area contributed by atoms with Crippen molar-refractivity contribution in [1.29, 1.82) is 0 Å². The predicted octanol–water partition coefficient (Wildman–Crippen LogP) is 2.99. The molecule has 0 aromatic carbocycles. The van der Waals surface area contributed by atoms with Gasteiger partial charge in [0.2, 0.25) is 0 Å². The summed E-state index contributed by atoms with van der Waals surface area (Å²) in [6.45, 7) is 12.4. The van der Waals surface area contributed by atoms with Crippen LogP contribution < -0.4 is 5.32 Å². The molecule has 0 amide bonds. The van der Waals surface area contributed by atoms with E-state index in [0.717, 1.165) is 39.2 Å². The van der Waals surface area contributed by atoms with Crippen LogP contribution >= 0.6 is 0 Å². The lowest BCUT2D eigenvalue weighted by molar-refractivity contribution is -0.137. The highest BCUT2D eigenvalue weighted by Gasteiger charge is 2.50. The van der Waals surface area contributed by atoms with E-state index in [4.69, 9.17) is 9.47 Å². The summed E-state index contributed by atoms with van der Waals surface area (Å²) in [6, 6.07) is 0.624. The molecule has 1 aliphatic rings. The van der Waals surface area contributed by atoms with Crippen LogP contribution in [0.1, 0.15) is 53.4 Å². The van der Waals surface area contributed by atoms with Gasteiger partial charge in [-0.1, -0.05) is 34.1 Å². The van der Waals surface area contributed by atoms with Gasteiger partial charge in [0.05, 0.1) is 19.3 Å². The van der Waals surface area contributed by atoms with E-state index < -0.39 is 0 Å². The van der Waals surface area contributed by atoms with E-state index in [9.17, 15) is 0 Å². The molecule has 0 spiro atoms. The number of unbranched alkanes of at least 4 members (excludes halogenated alkanes) is 1. The number of ether oxygens (including phenoxy) is 2. The van der Waals surface area contributed by atoms with Crippen LogP contribution in [-0.2, 0) is 9.47 Å². The van der Waals surface area contributed by atoms with Gasteiger partial charge in [0.25, 0.3) is 0 Å². The zero-order valence-corrected chi connectivity index (χ0v) is 12.6. The van der Waals surface area contributed by atoms with Crippen molar-refractivity contribution < 1.29 is 9.47 Å². The zero-order chi connectivity index (χ0) is 13.4. The zero-order valence-electron chi connectivity index (χ0n) is 12.6. The highest BCUT2D eigenvalue weighted by molar-refractivity contribution is 5.04. The van der Waals surface area contributed by atoms with Crippen LogP contribution in [0.3, 0.4) is 0 Å². The fourth-order valence-electron chi connectivity index (χ4n) is 2.71. The fourth-order valence-corrected chi connectivity index (χ4v) is 2.71. The molecule has 1 aliphatic carbocycles. The van der Waals surface area contributed by atoms with E-state index in [-0.39, 0.29) is 0 Å². The Morgan fingerprint density at radius 2 is 1.94 bits per heavy atom. The van der Waals surface area contributed by atoms with Gasteiger partial charge in [0.15, 0.2) is 0 Å². The van der Waals surface area contributed by atoms with Crippen molar-refractivity contribution in [2.45, 2.75) is 65.5 Å². The summed E-state index contributed by atoms with van der Waals surface area (Å²) in [6.07, 6.45) is 5.07. The first kappa shape index (κ1) is 15.9. The topological polar surface area (TPSA) is 30.5 Å². The van der Waals surface area contributed by atoms with Gasteiger partial charge in [-0.15, -0.1) is 0 Å². The second kappa shape index (κ2) is 8.13. The highest BCUT2D eigenvalue weighted by atomic mass is 16.5. The third-order valence-electron chi connectivity index (χ3n) is 4.38. The average molecular weight is 257 g/mol. The normalized spacial score (nSPS) is 31.3. The maximum Gasteiger partial charge on any atom is 0.0704 e. The largest absolute Gasteiger partial charge is 0.379 e. The molecular formula is C15H31NO2. The lowest BCUT2D eigenvalue weighted by atomic mass is 9.61. The summed E-state index contributed by atoms with van der Waals surface area (Å²) in [5.41, 5.74) is 0.305. The molecular weight excluding hydrogens is 226 g/mol. The molecule has 0 radical (unpaired) electrons. The first-order valence-corrected chi connectivity index (χ1v) is 7.61. The quantitative estimate of drug-likeness (QED) is 0.610. The molecule has 108 valence electrons. The van der Waals surface area contributed by atoms with E-state index in [1.807, 2.05) is 0 Å². The third kappa shape index (κ3) is 3.94. The molecule has 1 N–H and O–H groups in total. The number of hydrogen-bond acceptors (Lipinski definition) is 3.